The molecule has 3 nitrogen and oxygen atoms in total. The number of nitrogens with one attached hydrogen (secondary N) is 1. The molecule has 0 aliphatic carbocycles. The maximum atomic E-state index is 4.32. The largest absolute Gasteiger partial charge is 0.309 e. The highest BCUT2D eigenvalue weighted by Crippen LogP contribution is 2.29. The highest BCUT2D eigenvalue weighted by atomic mass is 79.9. The van der Waals surface area contributed by atoms with E-state index >= 15 is 0 Å². The molecular formula is C16H22BrN3S. The summed E-state index contributed by atoms with van der Waals surface area (Å²) in [5.74, 6) is 0.412. The molecule has 5 heteroatoms. The van der Waals surface area contributed by atoms with Crippen LogP contribution in [0.1, 0.15) is 55.3 Å². The Kier molecular flexibility index (Phi) is 6.33. The summed E-state index contributed by atoms with van der Waals surface area (Å²) in [7, 11) is 0. The van der Waals surface area contributed by atoms with E-state index in [1.54, 1.807) is 0 Å². The molecule has 2 aromatic rings. The Morgan fingerprint density at radius 1 is 1.24 bits per heavy atom. The Morgan fingerprint density at radius 2 is 1.95 bits per heavy atom. The number of halogens is 1. The number of hydrogen-bond acceptors (Lipinski definition) is 4. The summed E-state index contributed by atoms with van der Waals surface area (Å²) in [5, 5.41) is 7.97. The first-order valence-corrected chi connectivity index (χ1v) is 8.98. The fraction of sp³-hybridized carbons (Fsp3) is 0.500. The quantitative estimate of drug-likeness (QED) is 0.769. The maximum absolute atomic E-state index is 4.32. The van der Waals surface area contributed by atoms with Crippen molar-refractivity contribution in [1.29, 1.82) is 0 Å². The number of benzene rings is 1. The zero-order chi connectivity index (χ0) is 15.2. The predicted octanol–water partition coefficient (Wildman–Crippen LogP) is 4.71. The van der Waals surface area contributed by atoms with Gasteiger partial charge < -0.3 is 5.32 Å². The minimum absolute atomic E-state index is 0.295. The number of aromatic nitrogens is 2. The van der Waals surface area contributed by atoms with Gasteiger partial charge in [-0.15, -0.1) is 5.10 Å². The molecule has 1 atom stereocenters. The summed E-state index contributed by atoms with van der Waals surface area (Å²) in [4.78, 5) is 1.28. The molecule has 1 N–H and O–H groups in total. The van der Waals surface area contributed by atoms with E-state index in [-0.39, 0.29) is 0 Å². The molecule has 1 heterocycles. The molecule has 0 aliphatic heterocycles. The third-order valence-corrected chi connectivity index (χ3v) is 4.78. The molecule has 0 saturated carbocycles. The molecular weight excluding hydrogens is 346 g/mol. The SMILES string of the molecule is CCCNC(Cc1ccc(Br)cc1)c1snnc1C(C)C. The fourth-order valence-corrected chi connectivity index (χ4v) is 3.42. The van der Waals surface area contributed by atoms with Crippen molar-refractivity contribution in [2.75, 3.05) is 6.54 Å². The van der Waals surface area contributed by atoms with Crippen LogP contribution in [0.5, 0.6) is 0 Å². The second kappa shape index (κ2) is 8.01. The van der Waals surface area contributed by atoms with Crippen LogP contribution >= 0.6 is 27.5 Å². The van der Waals surface area contributed by atoms with Crippen LogP contribution in [-0.4, -0.2) is 16.1 Å². The lowest BCUT2D eigenvalue weighted by Crippen LogP contribution is -2.24. The highest BCUT2D eigenvalue weighted by Gasteiger charge is 2.21. The van der Waals surface area contributed by atoms with Crippen LogP contribution in [0.4, 0.5) is 0 Å². The predicted molar refractivity (Wildman–Crippen MR) is 92.9 cm³/mol. The summed E-state index contributed by atoms with van der Waals surface area (Å²) in [6.07, 6.45) is 2.09. The molecule has 2 rings (SSSR count). The summed E-state index contributed by atoms with van der Waals surface area (Å²) in [6.45, 7) is 7.56. The van der Waals surface area contributed by atoms with Crippen LogP contribution in [-0.2, 0) is 6.42 Å². The van der Waals surface area contributed by atoms with Gasteiger partial charge in [0.2, 0.25) is 0 Å². The molecule has 1 unspecified atom stereocenters. The van der Waals surface area contributed by atoms with Crippen molar-refractivity contribution in [3.8, 4) is 0 Å². The van der Waals surface area contributed by atoms with Crippen molar-refractivity contribution in [3.63, 3.8) is 0 Å². The fourth-order valence-electron chi connectivity index (χ4n) is 2.28. The molecule has 21 heavy (non-hydrogen) atoms. The van der Waals surface area contributed by atoms with Gasteiger partial charge in [-0.1, -0.05) is 53.3 Å². The second-order valence-electron chi connectivity index (χ2n) is 5.51. The zero-order valence-electron chi connectivity index (χ0n) is 12.8. The smallest absolute Gasteiger partial charge is 0.0829 e. The summed E-state index contributed by atoms with van der Waals surface area (Å²) >= 11 is 5.02. The van der Waals surface area contributed by atoms with E-state index in [4.69, 9.17) is 0 Å². The summed E-state index contributed by atoms with van der Waals surface area (Å²) in [6, 6.07) is 8.84. The van der Waals surface area contributed by atoms with E-state index in [1.807, 2.05) is 0 Å². The van der Waals surface area contributed by atoms with Gasteiger partial charge in [-0.25, -0.2) is 0 Å². The van der Waals surface area contributed by atoms with Crippen molar-refractivity contribution >= 4 is 27.5 Å². The maximum Gasteiger partial charge on any atom is 0.0829 e. The number of rotatable bonds is 7. The first-order valence-electron chi connectivity index (χ1n) is 7.41. The van der Waals surface area contributed by atoms with Crippen LogP contribution in [0.2, 0.25) is 0 Å². The van der Waals surface area contributed by atoms with Crippen molar-refractivity contribution in [1.82, 2.24) is 14.9 Å². The lowest BCUT2D eigenvalue weighted by atomic mass is 10.00. The number of hydrogen-bond donors (Lipinski definition) is 1. The molecule has 0 bridgehead atoms. The van der Waals surface area contributed by atoms with Gasteiger partial charge in [0.1, 0.15) is 0 Å². The van der Waals surface area contributed by atoms with Gasteiger partial charge in [-0.2, -0.15) is 0 Å². The van der Waals surface area contributed by atoms with Crippen LogP contribution in [0.15, 0.2) is 28.7 Å². The Bertz CT molecular complexity index is 551. The Balaban J connectivity index is 2.21. The lowest BCUT2D eigenvalue weighted by molar-refractivity contribution is 0.529. The highest BCUT2D eigenvalue weighted by molar-refractivity contribution is 9.10. The third-order valence-electron chi connectivity index (χ3n) is 3.40. The summed E-state index contributed by atoms with van der Waals surface area (Å²) in [5.41, 5.74) is 2.46. The van der Waals surface area contributed by atoms with E-state index in [0.717, 1.165) is 29.6 Å². The van der Waals surface area contributed by atoms with Gasteiger partial charge in [0.25, 0.3) is 0 Å². The van der Waals surface area contributed by atoms with Gasteiger partial charge in [-0.3, -0.25) is 0 Å². The molecule has 1 aromatic heterocycles. The normalized spacial score (nSPS) is 12.8. The van der Waals surface area contributed by atoms with Crippen LogP contribution in [0, 0.1) is 0 Å². The van der Waals surface area contributed by atoms with Gasteiger partial charge in [0.05, 0.1) is 10.6 Å². The van der Waals surface area contributed by atoms with Crippen LogP contribution < -0.4 is 5.32 Å². The van der Waals surface area contributed by atoms with E-state index in [1.165, 1.54) is 22.0 Å². The van der Waals surface area contributed by atoms with E-state index in [0.29, 0.717) is 12.0 Å². The van der Waals surface area contributed by atoms with Crippen molar-refractivity contribution in [2.45, 2.75) is 45.6 Å². The Morgan fingerprint density at radius 3 is 2.57 bits per heavy atom. The van der Waals surface area contributed by atoms with Crippen molar-refractivity contribution in [2.24, 2.45) is 0 Å². The first kappa shape index (κ1) is 16.6. The molecule has 0 aliphatic rings. The second-order valence-corrected chi connectivity index (χ2v) is 7.22. The lowest BCUT2D eigenvalue weighted by Gasteiger charge is -2.19. The van der Waals surface area contributed by atoms with E-state index in [9.17, 15) is 0 Å². The molecule has 114 valence electrons. The van der Waals surface area contributed by atoms with Gasteiger partial charge in [-0.05, 0) is 54.5 Å². The standard InChI is InChI=1S/C16H22BrN3S/c1-4-9-18-14(10-12-5-7-13(17)8-6-12)16-15(11(2)3)19-20-21-16/h5-8,11,14,18H,4,9-10H2,1-3H3. The minimum Gasteiger partial charge on any atom is -0.309 e. The average Bonchev–Trinajstić information content (AvgIpc) is 2.95. The van der Waals surface area contributed by atoms with Gasteiger partial charge in [0.15, 0.2) is 0 Å². The number of nitrogens with zero attached hydrogens (tertiary/aromatic N) is 2. The Hall–Kier alpha value is -0.780. The minimum atomic E-state index is 0.295. The van der Waals surface area contributed by atoms with Crippen molar-refractivity contribution < 1.29 is 0 Å². The average molecular weight is 368 g/mol. The topological polar surface area (TPSA) is 37.8 Å². The molecule has 0 amide bonds. The molecule has 0 radical (unpaired) electrons. The zero-order valence-corrected chi connectivity index (χ0v) is 15.2. The molecule has 0 saturated heterocycles. The van der Waals surface area contributed by atoms with Crippen LogP contribution in [0.3, 0.4) is 0 Å². The Labute approximate surface area is 139 Å². The van der Waals surface area contributed by atoms with Crippen LogP contribution in [0.25, 0.3) is 0 Å². The van der Waals surface area contributed by atoms with Gasteiger partial charge in [0, 0.05) is 10.5 Å². The molecule has 0 fully saturated rings. The first-order chi connectivity index (χ1) is 10.1. The van der Waals surface area contributed by atoms with E-state index < -0.39 is 0 Å². The van der Waals surface area contributed by atoms with Gasteiger partial charge >= 0.3 is 0 Å². The molecule has 0 spiro atoms. The molecule has 1 aromatic carbocycles. The monoisotopic (exact) mass is 367 g/mol. The summed E-state index contributed by atoms with van der Waals surface area (Å²) < 4.78 is 5.29. The van der Waals surface area contributed by atoms with E-state index in [2.05, 4.69) is 75.9 Å². The van der Waals surface area contributed by atoms with Crippen molar-refractivity contribution in [3.05, 3.63) is 44.9 Å². The third kappa shape index (κ3) is 4.59.